The fourth-order valence-electron chi connectivity index (χ4n) is 4.04. The first-order chi connectivity index (χ1) is 16.3. The van der Waals surface area contributed by atoms with Gasteiger partial charge in [0.25, 0.3) is 5.56 Å². The Bertz CT molecular complexity index is 1650. The number of aromatic amines is 2. The van der Waals surface area contributed by atoms with Gasteiger partial charge in [-0.2, -0.15) is 4.98 Å². The van der Waals surface area contributed by atoms with Crippen molar-refractivity contribution in [2.24, 2.45) is 0 Å². The summed E-state index contributed by atoms with van der Waals surface area (Å²) in [4.78, 5) is 55.5. The van der Waals surface area contributed by atoms with Crippen LogP contribution in [0.4, 0.5) is 4.79 Å². The summed E-state index contributed by atoms with van der Waals surface area (Å²) >= 11 is 0. The Morgan fingerprint density at radius 2 is 1.88 bits per heavy atom. The van der Waals surface area contributed by atoms with Crippen molar-refractivity contribution in [3.8, 4) is 11.5 Å². The third-order valence-corrected chi connectivity index (χ3v) is 5.95. The summed E-state index contributed by atoms with van der Waals surface area (Å²) in [6.45, 7) is 4.32. The Labute approximate surface area is 192 Å². The number of carbonyl (C=O) groups is 1. The van der Waals surface area contributed by atoms with E-state index in [4.69, 9.17) is 0 Å². The number of hydrogen-bond donors (Lipinski definition) is 3. The molecule has 172 valence electrons. The minimum atomic E-state index is -1.09. The number of aromatic nitrogens is 6. The summed E-state index contributed by atoms with van der Waals surface area (Å²) in [6.07, 6.45) is 0.498. The van der Waals surface area contributed by atoms with Gasteiger partial charge in [-0.1, -0.05) is 6.07 Å². The number of rotatable bonds is 5. The molecule has 3 N–H and O–H groups in total. The molecule has 2 aliphatic heterocycles. The second kappa shape index (κ2) is 8.10. The number of imidazole rings is 1. The van der Waals surface area contributed by atoms with Crippen molar-refractivity contribution in [2.45, 2.75) is 26.9 Å². The standard InChI is InChI=1S/C23H21N7O4/c1-12-7-17-18(8-13(12)2)30(20-19(26-17)21(31)28-22(32)27-20)6-5-29(23(33)34)10-14-3-4-15-16(9-14)25-11-24-15/h3-4,7-9,11H,5-6,10H2,1-2H3,(H,24,25)(H,33,34)(H,28,31,32). The maximum Gasteiger partial charge on any atom is 0.407 e. The molecule has 5 rings (SSSR count). The van der Waals surface area contributed by atoms with Crippen molar-refractivity contribution in [1.82, 2.24) is 34.4 Å². The van der Waals surface area contributed by atoms with Crippen LogP contribution in [0.5, 0.6) is 0 Å². The molecule has 2 aromatic carbocycles. The van der Waals surface area contributed by atoms with Gasteiger partial charge in [0.2, 0.25) is 0 Å². The van der Waals surface area contributed by atoms with E-state index in [-0.39, 0.29) is 31.2 Å². The molecule has 0 aliphatic carbocycles. The van der Waals surface area contributed by atoms with E-state index in [1.807, 2.05) is 44.2 Å². The predicted octanol–water partition coefficient (Wildman–Crippen LogP) is 2.26. The maximum atomic E-state index is 12.4. The highest BCUT2D eigenvalue weighted by Crippen LogP contribution is 2.24. The number of amides is 1. The van der Waals surface area contributed by atoms with Crippen LogP contribution in [0.15, 0.2) is 46.2 Å². The van der Waals surface area contributed by atoms with Gasteiger partial charge in [0.05, 0.1) is 28.4 Å². The zero-order valence-corrected chi connectivity index (χ0v) is 18.5. The van der Waals surface area contributed by atoms with Crippen LogP contribution in [0.3, 0.4) is 0 Å². The van der Waals surface area contributed by atoms with E-state index in [1.54, 1.807) is 10.9 Å². The van der Waals surface area contributed by atoms with Gasteiger partial charge in [-0.15, -0.1) is 0 Å². The van der Waals surface area contributed by atoms with Gasteiger partial charge in [0.15, 0.2) is 11.5 Å². The average molecular weight is 459 g/mol. The highest BCUT2D eigenvalue weighted by molar-refractivity contribution is 5.81. The van der Waals surface area contributed by atoms with Gasteiger partial charge >= 0.3 is 11.8 Å². The number of nitrogens with one attached hydrogen (secondary N) is 2. The largest absolute Gasteiger partial charge is 0.465 e. The number of fused-ring (bicyclic) bond motifs is 3. The number of hydrogen-bond acceptors (Lipinski definition) is 6. The minimum Gasteiger partial charge on any atom is -0.465 e. The summed E-state index contributed by atoms with van der Waals surface area (Å²) in [6, 6.07) is 9.29. The molecular formula is C23H21N7O4. The van der Waals surface area contributed by atoms with Crippen LogP contribution < -0.4 is 11.2 Å². The normalized spacial score (nSPS) is 11.5. The molecule has 0 spiro atoms. The van der Waals surface area contributed by atoms with E-state index in [9.17, 15) is 19.5 Å². The second-order valence-electron chi connectivity index (χ2n) is 8.19. The first-order valence-electron chi connectivity index (χ1n) is 10.6. The Morgan fingerprint density at radius 3 is 2.68 bits per heavy atom. The van der Waals surface area contributed by atoms with Gasteiger partial charge in [0, 0.05) is 19.6 Å². The molecule has 0 saturated carbocycles. The molecule has 0 saturated heterocycles. The van der Waals surface area contributed by atoms with Gasteiger partial charge in [-0.3, -0.25) is 9.78 Å². The topological polar surface area (TPSA) is 150 Å². The predicted molar refractivity (Wildman–Crippen MR) is 125 cm³/mol. The second-order valence-corrected chi connectivity index (χ2v) is 8.19. The lowest BCUT2D eigenvalue weighted by atomic mass is 10.1. The summed E-state index contributed by atoms with van der Waals surface area (Å²) in [5.74, 6) is 0.119. The Balaban J connectivity index is 1.55. The van der Waals surface area contributed by atoms with Crippen molar-refractivity contribution < 1.29 is 9.90 Å². The van der Waals surface area contributed by atoms with Crippen LogP contribution >= 0.6 is 0 Å². The van der Waals surface area contributed by atoms with Crippen LogP contribution in [0, 0.1) is 13.8 Å². The first kappa shape index (κ1) is 21.3. The van der Waals surface area contributed by atoms with Crippen LogP contribution in [-0.4, -0.2) is 52.1 Å². The summed E-state index contributed by atoms with van der Waals surface area (Å²) in [5, 5.41) is 9.84. The smallest absolute Gasteiger partial charge is 0.407 e. The van der Waals surface area contributed by atoms with Gasteiger partial charge in [-0.25, -0.2) is 19.6 Å². The SMILES string of the molecule is Cc1cc2nc3c(=O)[nH]c(=O)nc-3n(CCN(Cc3ccc4nc[nH]c4c3)C(=O)O)c2cc1C. The van der Waals surface area contributed by atoms with E-state index >= 15 is 0 Å². The number of H-pyrrole nitrogens is 2. The zero-order chi connectivity index (χ0) is 24.0. The minimum absolute atomic E-state index is 0.0296. The van der Waals surface area contributed by atoms with Gasteiger partial charge < -0.3 is 19.6 Å². The zero-order valence-electron chi connectivity index (χ0n) is 18.5. The highest BCUT2D eigenvalue weighted by atomic mass is 16.4. The van der Waals surface area contributed by atoms with Gasteiger partial charge in [0.1, 0.15) is 0 Å². The maximum absolute atomic E-state index is 12.4. The molecule has 2 aliphatic rings. The van der Waals surface area contributed by atoms with Crippen molar-refractivity contribution in [3.05, 3.63) is 74.2 Å². The number of benzene rings is 2. The summed E-state index contributed by atoms with van der Waals surface area (Å²) < 4.78 is 1.69. The van der Waals surface area contributed by atoms with E-state index in [0.717, 1.165) is 27.7 Å². The molecule has 1 amide bonds. The Kier molecular flexibility index (Phi) is 5.08. The number of aryl methyl sites for hydroxylation is 2. The van der Waals surface area contributed by atoms with E-state index in [0.29, 0.717) is 11.0 Å². The first-order valence-corrected chi connectivity index (χ1v) is 10.6. The quantitative estimate of drug-likeness (QED) is 0.341. The van der Waals surface area contributed by atoms with Crippen molar-refractivity contribution >= 4 is 28.2 Å². The third-order valence-electron chi connectivity index (χ3n) is 5.95. The Hall–Kier alpha value is -4.54. The Morgan fingerprint density at radius 1 is 1.09 bits per heavy atom. The molecule has 0 radical (unpaired) electrons. The summed E-state index contributed by atoms with van der Waals surface area (Å²) in [7, 11) is 0. The van der Waals surface area contributed by atoms with Crippen molar-refractivity contribution in [2.75, 3.05) is 6.54 Å². The molecule has 11 heteroatoms. The van der Waals surface area contributed by atoms with E-state index in [1.165, 1.54) is 4.90 Å². The average Bonchev–Trinajstić information content (AvgIpc) is 3.25. The van der Waals surface area contributed by atoms with Gasteiger partial charge in [-0.05, 0) is 54.8 Å². The van der Waals surface area contributed by atoms with E-state index < -0.39 is 17.3 Å². The lowest BCUT2D eigenvalue weighted by molar-refractivity contribution is 0.140. The fourth-order valence-corrected chi connectivity index (χ4v) is 4.04. The molecule has 0 atom stereocenters. The van der Waals surface area contributed by atoms with Crippen LogP contribution in [0.2, 0.25) is 0 Å². The summed E-state index contributed by atoms with van der Waals surface area (Å²) in [5.41, 5.74) is 4.26. The third kappa shape index (κ3) is 3.76. The molecule has 0 bridgehead atoms. The van der Waals surface area contributed by atoms with Crippen LogP contribution in [-0.2, 0) is 13.1 Å². The number of carboxylic acid groups (broad SMARTS) is 1. The molecule has 0 unspecified atom stereocenters. The molecule has 3 heterocycles. The number of nitrogens with zero attached hydrogens (tertiary/aromatic N) is 5. The lowest BCUT2D eigenvalue weighted by Gasteiger charge is -2.23. The lowest BCUT2D eigenvalue weighted by Crippen LogP contribution is -2.34. The van der Waals surface area contributed by atoms with Crippen LogP contribution in [0.25, 0.3) is 33.6 Å². The molecule has 1 aromatic heterocycles. The molecule has 0 fully saturated rings. The van der Waals surface area contributed by atoms with E-state index in [2.05, 4.69) is 24.9 Å². The molecule has 34 heavy (non-hydrogen) atoms. The molecule has 11 nitrogen and oxygen atoms in total. The van der Waals surface area contributed by atoms with Crippen molar-refractivity contribution in [1.29, 1.82) is 0 Å². The van der Waals surface area contributed by atoms with Crippen LogP contribution in [0.1, 0.15) is 16.7 Å². The fraction of sp³-hybridized carbons (Fsp3) is 0.217. The molecule has 3 aromatic rings. The monoisotopic (exact) mass is 459 g/mol. The highest BCUT2D eigenvalue weighted by Gasteiger charge is 2.21. The van der Waals surface area contributed by atoms with Crippen molar-refractivity contribution in [3.63, 3.8) is 0 Å². The molecular weight excluding hydrogens is 438 g/mol.